The maximum atomic E-state index is 11.8. The quantitative estimate of drug-likeness (QED) is 0.793. The van der Waals surface area contributed by atoms with Gasteiger partial charge in [-0.05, 0) is 49.7 Å². The molecule has 0 unspecified atom stereocenters. The normalized spacial score (nSPS) is 14.9. The largest absolute Gasteiger partial charge is 0.337 e. The number of nitrogens with zero attached hydrogens (tertiary/aromatic N) is 2. The molecule has 1 saturated heterocycles. The smallest absolute Gasteiger partial charge is 0.319 e. The van der Waals surface area contributed by atoms with Gasteiger partial charge in [-0.15, -0.1) is 0 Å². The van der Waals surface area contributed by atoms with Gasteiger partial charge in [-0.3, -0.25) is 5.10 Å². The molecular weight excluding hydrogens is 278 g/mol. The fourth-order valence-electron chi connectivity index (χ4n) is 2.66. The molecule has 2 heterocycles. The maximum Gasteiger partial charge on any atom is 0.319 e. The zero-order valence-corrected chi connectivity index (χ0v) is 12.5. The zero-order valence-electron chi connectivity index (χ0n) is 12.5. The van der Waals surface area contributed by atoms with Gasteiger partial charge in [0.2, 0.25) is 0 Å². The molecule has 0 bridgehead atoms. The van der Waals surface area contributed by atoms with Gasteiger partial charge in [0.1, 0.15) is 0 Å². The Bertz CT molecular complexity index is 588. The summed E-state index contributed by atoms with van der Waals surface area (Å²) >= 11 is 0. The molecule has 1 fully saturated rings. The van der Waals surface area contributed by atoms with E-state index < -0.39 is 0 Å². The number of hydrogen-bond donors (Lipinski definition) is 3. The first kappa shape index (κ1) is 14.6. The van der Waals surface area contributed by atoms with Crippen LogP contribution in [0.4, 0.5) is 10.5 Å². The zero-order chi connectivity index (χ0) is 15.2. The van der Waals surface area contributed by atoms with Crippen LogP contribution in [0.5, 0.6) is 0 Å². The molecule has 3 rings (SSSR count). The summed E-state index contributed by atoms with van der Waals surface area (Å²) in [5, 5.41) is 12.6. The number of benzene rings is 1. The Morgan fingerprint density at radius 3 is 2.64 bits per heavy atom. The number of amides is 2. The highest BCUT2D eigenvalue weighted by atomic mass is 16.2. The highest BCUT2D eigenvalue weighted by Gasteiger charge is 2.11. The van der Waals surface area contributed by atoms with Crippen molar-refractivity contribution in [3.63, 3.8) is 0 Å². The number of hydrogen-bond acceptors (Lipinski definition) is 3. The fourth-order valence-corrected chi connectivity index (χ4v) is 2.66. The Balaban J connectivity index is 1.44. The van der Waals surface area contributed by atoms with E-state index in [4.69, 9.17) is 0 Å². The van der Waals surface area contributed by atoms with Gasteiger partial charge in [0, 0.05) is 25.0 Å². The molecule has 6 nitrogen and oxygen atoms in total. The van der Waals surface area contributed by atoms with Gasteiger partial charge in [0.15, 0.2) is 0 Å². The predicted molar refractivity (Wildman–Crippen MR) is 86.7 cm³/mol. The predicted octanol–water partition coefficient (Wildman–Crippen LogP) is 2.29. The SMILES string of the molecule is O=C(NCCN1CCCC1)Nc1ccc(-c2ccn[nH]2)cc1. The van der Waals surface area contributed by atoms with E-state index in [1.807, 2.05) is 30.3 Å². The number of aromatic nitrogens is 2. The topological polar surface area (TPSA) is 73.1 Å². The molecule has 0 saturated carbocycles. The highest BCUT2D eigenvalue weighted by Crippen LogP contribution is 2.18. The molecule has 1 aliphatic heterocycles. The van der Waals surface area contributed by atoms with Crippen LogP contribution in [0.15, 0.2) is 36.5 Å². The van der Waals surface area contributed by atoms with Crippen LogP contribution in [0.3, 0.4) is 0 Å². The lowest BCUT2D eigenvalue weighted by molar-refractivity contribution is 0.249. The van der Waals surface area contributed by atoms with Crippen LogP contribution in [0, 0.1) is 0 Å². The molecule has 6 heteroatoms. The minimum atomic E-state index is -0.159. The van der Waals surface area contributed by atoms with Crippen LogP contribution in [-0.2, 0) is 0 Å². The number of likely N-dealkylation sites (tertiary alicyclic amines) is 1. The number of carbonyl (C=O) groups excluding carboxylic acids is 1. The number of aromatic amines is 1. The summed E-state index contributed by atoms with van der Waals surface area (Å²) in [6.45, 7) is 3.90. The van der Waals surface area contributed by atoms with Gasteiger partial charge in [0.25, 0.3) is 0 Å². The van der Waals surface area contributed by atoms with E-state index in [0.717, 1.165) is 36.6 Å². The monoisotopic (exact) mass is 299 g/mol. The first-order valence-electron chi connectivity index (χ1n) is 7.68. The number of urea groups is 1. The van der Waals surface area contributed by atoms with E-state index in [-0.39, 0.29) is 6.03 Å². The van der Waals surface area contributed by atoms with E-state index in [0.29, 0.717) is 6.54 Å². The number of carbonyl (C=O) groups is 1. The third kappa shape index (κ3) is 3.85. The molecule has 0 atom stereocenters. The molecule has 0 aliphatic carbocycles. The van der Waals surface area contributed by atoms with Crippen molar-refractivity contribution in [2.75, 3.05) is 31.5 Å². The van der Waals surface area contributed by atoms with Crippen molar-refractivity contribution >= 4 is 11.7 Å². The third-order valence-electron chi connectivity index (χ3n) is 3.87. The summed E-state index contributed by atoms with van der Waals surface area (Å²) < 4.78 is 0. The Labute approximate surface area is 129 Å². The van der Waals surface area contributed by atoms with Crippen LogP contribution in [-0.4, -0.2) is 47.3 Å². The van der Waals surface area contributed by atoms with Gasteiger partial charge in [-0.2, -0.15) is 5.10 Å². The number of anilines is 1. The van der Waals surface area contributed by atoms with Gasteiger partial charge >= 0.3 is 6.03 Å². The standard InChI is InChI=1S/C16H21N5O/c22-16(17-9-12-21-10-1-2-11-21)19-14-5-3-13(4-6-14)15-7-8-18-20-15/h3-8H,1-2,9-12H2,(H,18,20)(H2,17,19,22). The summed E-state index contributed by atoms with van der Waals surface area (Å²) in [6.07, 6.45) is 4.26. The summed E-state index contributed by atoms with van der Waals surface area (Å²) in [5.74, 6) is 0. The van der Waals surface area contributed by atoms with E-state index >= 15 is 0 Å². The van der Waals surface area contributed by atoms with Crippen LogP contribution in [0.2, 0.25) is 0 Å². The van der Waals surface area contributed by atoms with Gasteiger partial charge < -0.3 is 15.5 Å². The minimum Gasteiger partial charge on any atom is -0.337 e. The number of H-pyrrole nitrogens is 1. The molecule has 1 aromatic carbocycles. The molecule has 2 aromatic rings. The molecule has 1 aromatic heterocycles. The first-order chi connectivity index (χ1) is 10.8. The second-order valence-electron chi connectivity index (χ2n) is 5.48. The Morgan fingerprint density at radius 1 is 1.18 bits per heavy atom. The second-order valence-corrected chi connectivity index (χ2v) is 5.48. The molecule has 0 spiro atoms. The number of rotatable bonds is 5. The van der Waals surface area contributed by atoms with Gasteiger partial charge in [-0.1, -0.05) is 12.1 Å². The van der Waals surface area contributed by atoms with Crippen molar-refractivity contribution in [1.82, 2.24) is 20.4 Å². The first-order valence-corrected chi connectivity index (χ1v) is 7.68. The Kier molecular flexibility index (Phi) is 4.70. The van der Waals surface area contributed by atoms with E-state index in [2.05, 4.69) is 25.7 Å². The summed E-state index contributed by atoms with van der Waals surface area (Å²) in [7, 11) is 0. The lowest BCUT2D eigenvalue weighted by atomic mass is 10.1. The average molecular weight is 299 g/mol. The van der Waals surface area contributed by atoms with Crippen LogP contribution < -0.4 is 10.6 Å². The van der Waals surface area contributed by atoms with Gasteiger partial charge in [-0.25, -0.2) is 4.79 Å². The van der Waals surface area contributed by atoms with Crippen molar-refractivity contribution < 1.29 is 4.79 Å². The molecule has 3 N–H and O–H groups in total. The fraction of sp³-hybridized carbons (Fsp3) is 0.375. The lowest BCUT2D eigenvalue weighted by Crippen LogP contribution is -2.35. The Hall–Kier alpha value is -2.34. The minimum absolute atomic E-state index is 0.159. The van der Waals surface area contributed by atoms with E-state index in [1.165, 1.54) is 12.8 Å². The van der Waals surface area contributed by atoms with Crippen molar-refractivity contribution in [1.29, 1.82) is 0 Å². The highest BCUT2D eigenvalue weighted by molar-refractivity contribution is 5.89. The van der Waals surface area contributed by atoms with Crippen LogP contribution >= 0.6 is 0 Å². The summed E-state index contributed by atoms with van der Waals surface area (Å²) in [4.78, 5) is 14.2. The van der Waals surface area contributed by atoms with Crippen molar-refractivity contribution in [2.45, 2.75) is 12.8 Å². The van der Waals surface area contributed by atoms with Crippen LogP contribution in [0.1, 0.15) is 12.8 Å². The molecule has 1 aliphatic rings. The van der Waals surface area contributed by atoms with E-state index in [9.17, 15) is 4.79 Å². The molecular formula is C16H21N5O. The second kappa shape index (κ2) is 7.09. The maximum absolute atomic E-state index is 11.8. The van der Waals surface area contributed by atoms with Crippen LogP contribution in [0.25, 0.3) is 11.3 Å². The summed E-state index contributed by atoms with van der Waals surface area (Å²) in [6, 6.07) is 9.43. The van der Waals surface area contributed by atoms with Crippen molar-refractivity contribution in [2.24, 2.45) is 0 Å². The third-order valence-corrected chi connectivity index (χ3v) is 3.87. The number of nitrogens with one attached hydrogen (secondary N) is 3. The van der Waals surface area contributed by atoms with E-state index in [1.54, 1.807) is 6.20 Å². The Morgan fingerprint density at radius 2 is 1.95 bits per heavy atom. The average Bonchev–Trinajstić information content (AvgIpc) is 3.21. The molecule has 116 valence electrons. The molecule has 0 radical (unpaired) electrons. The van der Waals surface area contributed by atoms with Crippen molar-refractivity contribution in [3.05, 3.63) is 36.5 Å². The molecule has 22 heavy (non-hydrogen) atoms. The lowest BCUT2D eigenvalue weighted by Gasteiger charge is -2.15. The summed E-state index contributed by atoms with van der Waals surface area (Å²) in [5.41, 5.74) is 2.78. The van der Waals surface area contributed by atoms with Crippen molar-refractivity contribution in [3.8, 4) is 11.3 Å². The molecule has 2 amide bonds. The van der Waals surface area contributed by atoms with Gasteiger partial charge in [0.05, 0.1) is 5.69 Å².